The Morgan fingerprint density at radius 2 is 2.00 bits per heavy atom. The van der Waals surface area contributed by atoms with Gasteiger partial charge in [-0.1, -0.05) is 47.5 Å². The molecule has 1 amide bonds. The molecule has 0 N–H and O–H groups in total. The monoisotopic (exact) mass is 530 g/mol. The molecule has 1 saturated carbocycles. The second-order valence-corrected chi connectivity index (χ2v) is 10.9. The maximum atomic E-state index is 13.4. The lowest BCUT2D eigenvalue weighted by Crippen LogP contribution is -2.68. The number of piperidine rings is 1. The molecule has 5 nitrogen and oxygen atoms in total. The second kappa shape index (κ2) is 11.1. The molecule has 0 aromatic heterocycles. The van der Waals surface area contributed by atoms with Gasteiger partial charge < -0.3 is 14.4 Å². The third-order valence-electron chi connectivity index (χ3n) is 8.35. The van der Waals surface area contributed by atoms with E-state index in [2.05, 4.69) is 29.7 Å². The summed E-state index contributed by atoms with van der Waals surface area (Å²) in [7, 11) is 5.47. The minimum Gasteiger partial charge on any atom is -0.497 e. The van der Waals surface area contributed by atoms with Crippen molar-refractivity contribution in [1.29, 1.82) is 0 Å². The van der Waals surface area contributed by atoms with Gasteiger partial charge in [0.1, 0.15) is 5.75 Å². The van der Waals surface area contributed by atoms with Crippen molar-refractivity contribution in [3.63, 3.8) is 0 Å². The maximum absolute atomic E-state index is 13.4. The van der Waals surface area contributed by atoms with Gasteiger partial charge in [-0.25, -0.2) is 0 Å². The predicted octanol–water partition coefficient (Wildman–Crippen LogP) is 5.77. The average molecular weight is 532 g/mol. The van der Waals surface area contributed by atoms with Crippen LogP contribution in [0.5, 0.6) is 5.75 Å². The number of rotatable bonds is 8. The van der Waals surface area contributed by atoms with E-state index in [-0.39, 0.29) is 23.0 Å². The van der Waals surface area contributed by atoms with Gasteiger partial charge in [0.05, 0.1) is 29.2 Å². The number of amides is 1. The first-order valence-electron chi connectivity index (χ1n) is 12.5. The fraction of sp³-hybridized carbons (Fsp3) is 0.483. The van der Waals surface area contributed by atoms with Crippen LogP contribution in [0.1, 0.15) is 36.8 Å². The van der Waals surface area contributed by atoms with Crippen LogP contribution in [0.25, 0.3) is 0 Å². The Labute approximate surface area is 225 Å². The van der Waals surface area contributed by atoms with Gasteiger partial charge in [-0.15, -0.1) is 6.58 Å². The first-order valence-corrected chi connectivity index (χ1v) is 13.3. The molecular weight excluding hydrogens is 495 g/mol. The number of benzene rings is 2. The summed E-state index contributed by atoms with van der Waals surface area (Å²) in [4.78, 5) is 17.7. The number of ether oxygens (including phenoxy) is 2. The van der Waals surface area contributed by atoms with Crippen LogP contribution < -0.4 is 4.74 Å². The third kappa shape index (κ3) is 5.04. The van der Waals surface area contributed by atoms with E-state index in [1.165, 1.54) is 5.56 Å². The number of nitrogens with zero attached hydrogens (tertiary/aromatic N) is 2. The standard InChI is InChI=1S/C29H36Cl2N2O3/c1-5-14-33-15-13-28(22-7-6-8-24(18-22)35-3)19-23(11-12-29(28,20-33)36-4)32(2)27(34)17-21-9-10-25(30)26(31)16-21/h5-10,16,18,23H,1,11-15,17,19-20H2,2-4H3/t23-,28+,29+/m1/s1. The molecular formula is C29H36Cl2N2O3. The van der Waals surface area contributed by atoms with Crippen molar-refractivity contribution in [2.75, 3.05) is 40.9 Å². The van der Waals surface area contributed by atoms with Crippen LogP contribution in [0.2, 0.25) is 10.0 Å². The van der Waals surface area contributed by atoms with Gasteiger partial charge in [-0.3, -0.25) is 9.69 Å². The molecule has 3 atom stereocenters. The molecule has 2 fully saturated rings. The van der Waals surface area contributed by atoms with Gasteiger partial charge in [0.15, 0.2) is 0 Å². The largest absolute Gasteiger partial charge is 0.497 e. The molecule has 194 valence electrons. The van der Waals surface area contributed by atoms with Crippen LogP contribution in [-0.4, -0.2) is 68.3 Å². The Hall–Kier alpha value is -2.05. The van der Waals surface area contributed by atoms with Gasteiger partial charge in [0.2, 0.25) is 5.91 Å². The van der Waals surface area contributed by atoms with E-state index in [0.717, 1.165) is 56.6 Å². The molecule has 4 rings (SSSR count). The SMILES string of the molecule is C=CCN1CC[C@@]2(c3cccc(OC)c3)C[C@H](N(C)C(=O)Cc3ccc(Cl)c(Cl)c3)CC[C@]2(OC)C1. The highest BCUT2D eigenvalue weighted by Crippen LogP contribution is 2.54. The highest BCUT2D eigenvalue weighted by molar-refractivity contribution is 6.42. The van der Waals surface area contributed by atoms with E-state index >= 15 is 0 Å². The van der Waals surface area contributed by atoms with E-state index < -0.39 is 0 Å². The van der Waals surface area contributed by atoms with Crippen molar-refractivity contribution in [2.45, 2.75) is 49.2 Å². The Balaban J connectivity index is 1.64. The average Bonchev–Trinajstić information content (AvgIpc) is 2.90. The van der Waals surface area contributed by atoms with Crippen LogP contribution >= 0.6 is 23.2 Å². The van der Waals surface area contributed by atoms with E-state index in [1.807, 2.05) is 37.3 Å². The molecule has 1 aliphatic carbocycles. The molecule has 1 heterocycles. The van der Waals surface area contributed by atoms with Gasteiger partial charge in [0, 0.05) is 38.7 Å². The molecule has 0 spiro atoms. The Bertz CT molecular complexity index is 1110. The fourth-order valence-electron chi connectivity index (χ4n) is 6.31. The van der Waals surface area contributed by atoms with Gasteiger partial charge in [0.25, 0.3) is 0 Å². The zero-order chi connectivity index (χ0) is 25.9. The third-order valence-corrected chi connectivity index (χ3v) is 9.09. The highest BCUT2D eigenvalue weighted by Gasteiger charge is 2.59. The summed E-state index contributed by atoms with van der Waals surface area (Å²) >= 11 is 12.2. The Morgan fingerprint density at radius 3 is 2.69 bits per heavy atom. The molecule has 2 aliphatic rings. The maximum Gasteiger partial charge on any atom is 0.226 e. The summed E-state index contributed by atoms with van der Waals surface area (Å²) in [5, 5.41) is 0.961. The number of likely N-dealkylation sites (N-methyl/N-ethyl adjacent to an activating group) is 1. The number of carbonyl (C=O) groups is 1. The summed E-state index contributed by atoms with van der Waals surface area (Å²) in [5.74, 6) is 0.916. The van der Waals surface area contributed by atoms with Crippen molar-refractivity contribution < 1.29 is 14.3 Å². The first kappa shape index (κ1) is 27.0. The number of hydrogen-bond donors (Lipinski definition) is 0. The Morgan fingerprint density at radius 1 is 1.19 bits per heavy atom. The summed E-state index contributed by atoms with van der Waals surface area (Å²) in [6.45, 7) is 6.56. The van der Waals surface area contributed by atoms with Crippen molar-refractivity contribution in [2.24, 2.45) is 0 Å². The summed E-state index contributed by atoms with van der Waals surface area (Å²) < 4.78 is 12.0. The zero-order valence-corrected chi connectivity index (χ0v) is 22.9. The van der Waals surface area contributed by atoms with Crippen molar-refractivity contribution in [3.05, 3.63) is 76.3 Å². The highest BCUT2D eigenvalue weighted by atomic mass is 35.5. The molecule has 1 saturated heterocycles. The van der Waals surface area contributed by atoms with E-state index in [9.17, 15) is 4.79 Å². The lowest BCUT2D eigenvalue weighted by atomic mass is 9.55. The smallest absolute Gasteiger partial charge is 0.226 e. The first-order chi connectivity index (χ1) is 17.3. The van der Waals surface area contributed by atoms with Gasteiger partial charge >= 0.3 is 0 Å². The van der Waals surface area contributed by atoms with Crippen LogP contribution in [0.4, 0.5) is 0 Å². The fourth-order valence-corrected chi connectivity index (χ4v) is 6.63. The van der Waals surface area contributed by atoms with Crippen molar-refractivity contribution in [3.8, 4) is 5.75 Å². The minimum absolute atomic E-state index is 0.0770. The van der Waals surface area contributed by atoms with Crippen molar-refractivity contribution >= 4 is 29.1 Å². The molecule has 2 aromatic rings. The second-order valence-electron chi connectivity index (χ2n) is 10.1. The number of fused-ring (bicyclic) bond motifs is 1. The summed E-state index contributed by atoms with van der Waals surface area (Å²) in [6, 6.07) is 13.9. The molecule has 2 aromatic carbocycles. The van der Waals surface area contributed by atoms with E-state index in [4.69, 9.17) is 32.7 Å². The van der Waals surface area contributed by atoms with Crippen LogP contribution in [-0.2, 0) is 21.4 Å². The predicted molar refractivity (Wildman–Crippen MR) is 146 cm³/mol. The summed E-state index contributed by atoms with van der Waals surface area (Å²) in [5.41, 5.74) is 1.49. The lowest BCUT2D eigenvalue weighted by molar-refractivity contribution is -0.159. The zero-order valence-electron chi connectivity index (χ0n) is 21.4. The number of likely N-dealkylation sites (tertiary alicyclic amines) is 1. The van der Waals surface area contributed by atoms with E-state index in [0.29, 0.717) is 16.5 Å². The van der Waals surface area contributed by atoms with E-state index in [1.54, 1.807) is 19.2 Å². The molecule has 36 heavy (non-hydrogen) atoms. The topological polar surface area (TPSA) is 42.0 Å². The van der Waals surface area contributed by atoms with Crippen LogP contribution in [0.3, 0.4) is 0 Å². The summed E-state index contributed by atoms with van der Waals surface area (Å²) in [6.07, 6.45) is 5.77. The number of carbonyl (C=O) groups excluding carboxylic acids is 1. The van der Waals surface area contributed by atoms with Crippen LogP contribution in [0.15, 0.2) is 55.1 Å². The quantitative estimate of drug-likeness (QED) is 0.406. The van der Waals surface area contributed by atoms with Gasteiger partial charge in [-0.2, -0.15) is 0 Å². The normalized spacial score (nSPS) is 26.2. The minimum atomic E-state index is -0.356. The van der Waals surface area contributed by atoms with Gasteiger partial charge in [-0.05, 0) is 67.6 Å². The molecule has 0 radical (unpaired) electrons. The number of methoxy groups -OCH3 is 2. The molecule has 1 aliphatic heterocycles. The molecule has 7 heteroatoms. The molecule has 0 bridgehead atoms. The number of hydrogen-bond acceptors (Lipinski definition) is 4. The van der Waals surface area contributed by atoms with Crippen LogP contribution in [0, 0.1) is 0 Å². The van der Waals surface area contributed by atoms with Crippen molar-refractivity contribution in [1.82, 2.24) is 9.80 Å². The molecule has 0 unspecified atom stereocenters. The lowest BCUT2D eigenvalue weighted by Gasteiger charge is -2.60. The Kier molecular flexibility index (Phi) is 8.35. The number of halogens is 2.